The lowest BCUT2D eigenvalue weighted by atomic mass is 10.2. The van der Waals surface area contributed by atoms with Crippen LogP contribution in [0.15, 0.2) is 24.3 Å². The smallest absolute Gasteiger partial charge is 0.303 e. The predicted octanol–water partition coefficient (Wildman–Crippen LogP) is 3.10. The van der Waals surface area contributed by atoms with E-state index in [-0.39, 0.29) is 6.42 Å². The number of benzene rings is 1. The summed E-state index contributed by atoms with van der Waals surface area (Å²) < 4.78 is 11.0. The summed E-state index contributed by atoms with van der Waals surface area (Å²) >= 11 is 1.56. The van der Waals surface area contributed by atoms with Crippen LogP contribution in [0.5, 0.6) is 11.5 Å². The normalized spacial score (nSPS) is 10.5. The van der Waals surface area contributed by atoms with Crippen LogP contribution in [0, 0.1) is 6.92 Å². The fourth-order valence-electron chi connectivity index (χ4n) is 2.03. The van der Waals surface area contributed by atoms with Gasteiger partial charge in [-0.3, -0.25) is 4.79 Å². The summed E-state index contributed by atoms with van der Waals surface area (Å²) in [5.74, 6) is 0.637. The van der Waals surface area contributed by atoms with E-state index in [1.54, 1.807) is 18.4 Å². The maximum absolute atomic E-state index is 10.6. The van der Waals surface area contributed by atoms with Gasteiger partial charge in [0.15, 0.2) is 11.5 Å². The number of aliphatic carboxylic acids is 1. The number of aromatic nitrogens is 1. The number of hydrogen-bond acceptors (Lipinski definition) is 5. The Balaban J connectivity index is 1.89. The van der Waals surface area contributed by atoms with Crippen LogP contribution in [0.3, 0.4) is 0 Å². The number of ether oxygens (including phenoxy) is 2. The first-order chi connectivity index (χ1) is 10.6. The number of para-hydroxylation sites is 2. The first kappa shape index (κ1) is 16.3. The highest BCUT2D eigenvalue weighted by Gasteiger charge is 2.10. The van der Waals surface area contributed by atoms with Crippen molar-refractivity contribution in [2.45, 2.75) is 26.2 Å². The van der Waals surface area contributed by atoms with Gasteiger partial charge in [0.25, 0.3) is 0 Å². The lowest BCUT2D eigenvalue weighted by Gasteiger charge is -2.09. The molecule has 118 valence electrons. The van der Waals surface area contributed by atoms with Crippen molar-refractivity contribution in [3.05, 3.63) is 39.8 Å². The molecule has 1 aromatic heterocycles. The van der Waals surface area contributed by atoms with E-state index >= 15 is 0 Å². The Morgan fingerprint density at radius 1 is 1.27 bits per heavy atom. The van der Waals surface area contributed by atoms with Gasteiger partial charge in [-0.25, -0.2) is 4.98 Å². The zero-order valence-electron chi connectivity index (χ0n) is 12.7. The van der Waals surface area contributed by atoms with Gasteiger partial charge in [-0.15, -0.1) is 11.3 Å². The molecule has 0 aliphatic rings. The van der Waals surface area contributed by atoms with Crippen molar-refractivity contribution < 1.29 is 19.4 Å². The van der Waals surface area contributed by atoms with E-state index in [0.717, 1.165) is 15.6 Å². The van der Waals surface area contributed by atoms with Crippen LogP contribution in [-0.4, -0.2) is 29.8 Å². The van der Waals surface area contributed by atoms with E-state index in [4.69, 9.17) is 14.6 Å². The highest BCUT2D eigenvalue weighted by atomic mass is 32.1. The van der Waals surface area contributed by atoms with Crippen molar-refractivity contribution >= 4 is 17.3 Å². The minimum atomic E-state index is -0.783. The lowest BCUT2D eigenvalue weighted by Crippen LogP contribution is -2.02. The van der Waals surface area contributed by atoms with Gasteiger partial charge in [-0.05, 0) is 25.5 Å². The van der Waals surface area contributed by atoms with Crippen LogP contribution in [0.25, 0.3) is 0 Å². The van der Waals surface area contributed by atoms with Gasteiger partial charge in [0.05, 0.1) is 30.8 Å². The molecule has 0 spiro atoms. The second kappa shape index (κ2) is 7.79. The number of carbonyl (C=O) groups is 1. The molecule has 0 amide bonds. The summed E-state index contributed by atoms with van der Waals surface area (Å²) in [7, 11) is 1.61. The average Bonchev–Trinajstić information content (AvgIpc) is 2.86. The van der Waals surface area contributed by atoms with Gasteiger partial charge in [-0.1, -0.05) is 12.1 Å². The van der Waals surface area contributed by atoms with Crippen LogP contribution >= 0.6 is 11.3 Å². The predicted molar refractivity (Wildman–Crippen MR) is 85.0 cm³/mol. The second-order valence-electron chi connectivity index (χ2n) is 4.76. The SMILES string of the molecule is COc1ccccc1OCCc1nc(C)c(CCC(=O)O)s1. The second-order valence-corrected chi connectivity index (χ2v) is 5.93. The minimum Gasteiger partial charge on any atom is -0.493 e. The molecule has 6 heteroatoms. The molecule has 0 unspecified atom stereocenters. The third kappa shape index (κ3) is 4.46. The van der Waals surface area contributed by atoms with E-state index in [1.165, 1.54) is 0 Å². The first-order valence-corrected chi connectivity index (χ1v) is 7.84. The van der Waals surface area contributed by atoms with Crippen LogP contribution < -0.4 is 9.47 Å². The number of carboxylic acids is 1. The van der Waals surface area contributed by atoms with E-state index in [9.17, 15) is 4.79 Å². The topological polar surface area (TPSA) is 68.7 Å². The number of methoxy groups -OCH3 is 1. The van der Waals surface area contributed by atoms with Gasteiger partial charge in [0, 0.05) is 11.3 Å². The number of hydrogen-bond donors (Lipinski definition) is 1. The van der Waals surface area contributed by atoms with Gasteiger partial charge >= 0.3 is 5.97 Å². The molecule has 1 heterocycles. The third-order valence-corrected chi connectivity index (χ3v) is 4.42. The molecule has 2 rings (SSSR count). The fourth-order valence-corrected chi connectivity index (χ4v) is 3.08. The van der Waals surface area contributed by atoms with Crippen molar-refractivity contribution in [2.24, 2.45) is 0 Å². The third-order valence-electron chi connectivity index (χ3n) is 3.15. The Morgan fingerprint density at radius 3 is 2.68 bits per heavy atom. The Morgan fingerprint density at radius 2 is 2.00 bits per heavy atom. The molecule has 0 atom stereocenters. The molecule has 22 heavy (non-hydrogen) atoms. The van der Waals surface area contributed by atoms with E-state index < -0.39 is 5.97 Å². The summed E-state index contributed by atoms with van der Waals surface area (Å²) in [5, 5.41) is 9.71. The van der Waals surface area contributed by atoms with Crippen molar-refractivity contribution in [1.29, 1.82) is 0 Å². The summed E-state index contributed by atoms with van der Waals surface area (Å²) in [6.07, 6.45) is 1.36. The van der Waals surface area contributed by atoms with Crippen LogP contribution in [0.2, 0.25) is 0 Å². The van der Waals surface area contributed by atoms with Gasteiger partial charge in [0.1, 0.15) is 0 Å². The molecule has 0 aliphatic heterocycles. The Labute approximate surface area is 133 Å². The largest absolute Gasteiger partial charge is 0.493 e. The molecule has 0 saturated carbocycles. The van der Waals surface area contributed by atoms with Crippen molar-refractivity contribution in [1.82, 2.24) is 4.98 Å². The lowest BCUT2D eigenvalue weighted by molar-refractivity contribution is -0.136. The van der Waals surface area contributed by atoms with E-state index in [0.29, 0.717) is 30.9 Å². The highest BCUT2D eigenvalue weighted by Crippen LogP contribution is 2.26. The van der Waals surface area contributed by atoms with Gasteiger partial charge in [0.2, 0.25) is 0 Å². The molecular weight excluding hydrogens is 302 g/mol. The van der Waals surface area contributed by atoms with Crippen molar-refractivity contribution in [3.8, 4) is 11.5 Å². The van der Waals surface area contributed by atoms with Crippen molar-refractivity contribution in [2.75, 3.05) is 13.7 Å². The van der Waals surface area contributed by atoms with Gasteiger partial charge in [-0.2, -0.15) is 0 Å². The molecule has 0 aliphatic carbocycles. The Hall–Kier alpha value is -2.08. The summed E-state index contributed by atoms with van der Waals surface area (Å²) in [4.78, 5) is 16.1. The summed E-state index contributed by atoms with van der Waals surface area (Å²) in [5.41, 5.74) is 0.915. The molecule has 1 N–H and O–H groups in total. The molecule has 2 aromatic rings. The fraction of sp³-hybridized carbons (Fsp3) is 0.375. The standard InChI is InChI=1S/C16H19NO4S/c1-11-14(7-8-16(18)19)22-15(17-11)9-10-21-13-6-4-3-5-12(13)20-2/h3-6H,7-10H2,1-2H3,(H,18,19). The number of carboxylic acid groups (broad SMARTS) is 1. The molecule has 0 bridgehead atoms. The molecule has 5 nitrogen and oxygen atoms in total. The zero-order valence-corrected chi connectivity index (χ0v) is 13.5. The van der Waals surface area contributed by atoms with Crippen molar-refractivity contribution in [3.63, 3.8) is 0 Å². The van der Waals surface area contributed by atoms with Crippen LogP contribution in [-0.2, 0) is 17.6 Å². The maximum Gasteiger partial charge on any atom is 0.303 e. The van der Waals surface area contributed by atoms with Gasteiger partial charge < -0.3 is 14.6 Å². The van der Waals surface area contributed by atoms with Crippen LogP contribution in [0.1, 0.15) is 22.0 Å². The Bertz CT molecular complexity index is 639. The number of nitrogens with zero attached hydrogens (tertiary/aromatic N) is 1. The minimum absolute atomic E-state index is 0.139. The number of rotatable bonds is 8. The molecule has 0 saturated heterocycles. The first-order valence-electron chi connectivity index (χ1n) is 7.03. The molecule has 0 radical (unpaired) electrons. The number of aryl methyl sites for hydroxylation is 2. The number of thiazole rings is 1. The van der Waals surface area contributed by atoms with E-state index in [2.05, 4.69) is 4.98 Å². The monoisotopic (exact) mass is 321 g/mol. The van der Waals surface area contributed by atoms with Crippen LogP contribution in [0.4, 0.5) is 0 Å². The summed E-state index contributed by atoms with van der Waals surface area (Å²) in [6, 6.07) is 7.51. The molecular formula is C16H19NO4S. The van der Waals surface area contributed by atoms with E-state index in [1.807, 2.05) is 31.2 Å². The highest BCUT2D eigenvalue weighted by molar-refractivity contribution is 7.11. The zero-order chi connectivity index (χ0) is 15.9. The maximum atomic E-state index is 10.6. The Kier molecular flexibility index (Phi) is 5.77. The molecule has 0 fully saturated rings. The molecule has 1 aromatic carbocycles. The average molecular weight is 321 g/mol. The quantitative estimate of drug-likeness (QED) is 0.809. The summed E-state index contributed by atoms with van der Waals surface area (Å²) in [6.45, 7) is 2.42.